The number of sulfonamides is 1. The van der Waals surface area contributed by atoms with Crippen molar-refractivity contribution in [1.29, 1.82) is 0 Å². The number of aryl methyl sites for hydroxylation is 1. The average molecular weight is 339 g/mol. The molecule has 2 aromatic carbocycles. The van der Waals surface area contributed by atoms with E-state index in [1.165, 1.54) is 12.1 Å². The van der Waals surface area contributed by atoms with E-state index in [9.17, 15) is 22.7 Å². The molecule has 2 aromatic rings. The van der Waals surface area contributed by atoms with Crippen LogP contribution in [0.25, 0.3) is 0 Å². The van der Waals surface area contributed by atoms with E-state index in [0.29, 0.717) is 0 Å². The van der Waals surface area contributed by atoms with Gasteiger partial charge in [-0.25, -0.2) is 17.6 Å². The van der Waals surface area contributed by atoms with Crippen molar-refractivity contribution in [3.05, 3.63) is 53.3 Å². The monoisotopic (exact) mass is 339 g/mol. The van der Waals surface area contributed by atoms with Crippen molar-refractivity contribution < 1.29 is 27.4 Å². The number of carbonyl (C=O) groups is 1. The summed E-state index contributed by atoms with van der Waals surface area (Å²) in [5.41, 5.74) is 0.181. The summed E-state index contributed by atoms with van der Waals surface area (Å²) in [6, 6.07) is 7.69. The van der Waals surface area contributed by atoms with E-state index in [4.69, 9.17) is 0 Å². The molecule has 0 aliphatic carbocycles. The molecule has 23 heavy (non-hydrogen) atoms. The summed E-state index contributed by atoms with van der Waals surface area (Å²) in [5, 5.41) is 9.68. The maximum absolute atomic E-state index is 13.7. The van der Waals surface area contributed by atoms with E-state index in [1.54, 1.807) is 19.1 Å². The van der Waals surface area contributed by atoms with Crippen molar-refractivity contribution in [2.45, 2.75) is 11.8 Å². The molecule has 6 nitrogen and oxygen atoms in total. The maximum Gasteiger partial charge on any atom is 0.338 e. The average Bonchev–Trinajstić information content (AvgIpc) is 2.51. The summed E-state index contributed by atoms with van der Waals surface area (Å²) >= 11 is 0. The predicted molar refractivity (Wildman–Crippen MR) is 81.4 cm³/mol. The van der Waals surface area contributed by atoms with Gasteiger partial charge >= 0.3 is 5.97 Å². The molecule has 0 bridgehead atoms. The second kappa shape index (κ2) is 6.25. The normalized spacial score (nSPS) is 11.1. The van der Waals surface area contributed by atoms with Gasteiger partial charge in [0, 0.05) is 0 Å². The van der Waals surface area contributed by atoms with Crippen LogP contribution in [0.1, 0.15) is 15.9 Å². The zero-order valence-electron chi connectivity index (χ0n) is 12.3. The first kappa shape index (κ1) is 16.8. The molecule has 0 unspecified atom stereocenters. The van der Waals surface area contributed by atoms with Crippen molar-refractivity contribution in [3.8, 4) is 5.75 Å². The van der Waals surface area contributed by atoms with E-state index in [1.807, 2.05) is 0 Å². The molecule has 0 aliphatic rings. The highest BCUT2D eigenvalue weighted by molar-refractivity contribution is 7.92. The molecule has 0 saturated heterocycles. The number of hydrogen-bond acceptors (Lipinski definition) is 5. The number of phenolic OH excluding ortho intramolecular Hbond substituents is 1. The lowest BCUT2D eigenvalue weighted by molar-refractivity contribution is 0.0600. The topological polar surface area (TPSA) is 92.7 Å². The van der Waals surface area contributed by atoms with E-state index in [0.717, 1.165) is 24.8 Å². The molecule has 0 aromatic heterocycles. The molecule has 0 fully saturated rings. The summed E-state index contributed by atoms with van der Waals surface area (Å²) in [7, 11) is -2.95. The standard InChI is InChI=1S/C15H14FNO5S/c1-9-3-5-11(6-4-9)23(20,21)17-13-8-10(15(19)22-2)7-12(16)14(13)18/h3-8,17-18H,1-2H3. The first-order valence-corrected chi connectivity index (χ1v) is 7.93. The molecule has 0 spiro atoms. The fourth-order valence-corrected chi connectivity index (χ4v) is 2.89. The predicted octanol–water partition coefficient (Wildman–Crippen LogP) is 2.43. The second-order valence-corrected chi connectivity index (χ2v) is 6.45. The van der Waals surface area contributed by atoms with E-state index >= 15 is 0 Å². The Labute approximate surface area is 132 Å². The van der Waals surface area contributed by atoms with Gasteiger partial charge in [-0.05, 0) is 31.2 Å². The van der Waals surface area contributed by atoms with Gasteiger partial charge in [-0.1, -0.05) is 17.7 Å². The number of benzene rings is 2. The van der Waals surface area contributed by atoms with Gasteiger partial charge in [0.15, 0.2) is 11.6 Å². The largest absolute Gasteiger partial charge is 0.503 e. The van der Waals surface area contributed by atoms with Gasteiger partial charge < -0.3 is 9.84 Å². The van der Waals surface area contributed by atoms with Crippen LogP contribution in [-0.2, 0) is 14.8 Å². The van der Waals surface area contributed by atoms with Crippen molar-refractivity contribution >= 4 is 21.7 Å². The van der Waals surface area contributed by atoms with Gasteiger partial charge in [0.25, 0.3) is 10.0 Å². The van der Waals surface area contributed by atoms with Gasteiger partial charge in [0.2, 0.25) is 0 Å². The molecule has 2 N–H and O–H groups in total. The third-order valence-corrected chi connectivity index (χ3v) is 4.44. The van der Waals surface area contributed by atoms with Crippen LogP contribution in [0.4, 0.5) is 10.1 Å². The molecule has 0 radical (unpaired) electrons. The minimum absolute atomic E-state index is 0.0635. The highest BCUT2D eigenvalue weighted by atomic mass is 32.2. The zero-order valence-corrected chi connectivity index (χ0v) is 13.1. The highest BCUT2D eigenvalue weighted by Gasteiger charge is 2.20. The van der Waals surface area contributed by atoms with Crippen molar-refractivity contribution in [2.24, 2.45) is 0 Å². The van der Waals surface area contributed by atoms with Crippen molar-refractivity contribution in [1.82, 2.24) is 0 Å². The van der Waals surface area contributed by atoms with Crippen LogP contribution >= 0.6 is 0 Å². The van der Waals surface area contributed by atoms with Crippen LogP contribution in [0.3, 0.4) is 0 Å². The highest BCUT2D eigenvalue weighted by Crippen LogP contribution is 2.30. The smallest absolute Gasteiger partial charge is 0.338 e. The summed E-state index contributed by atoms with van der Waals surface area (Å²) in [5.74, 6) is -2.91. The number of anilines is 1. The fraction of sp³-hybridized carbons (Fsp3) is 0.133. The molecule has 0 heterocycles. The van der Waals surface area contributed by atoms with Crippen LogP contribution in [0.15, 0.2) is 41.3 Å². The fourth-order valence-electron chi connectivity index (χ4n) is 1.83. The Balaban J connectivity index is 2.44. The Morgan fingerprint density at radius 1 is 1.22 bits per heavy atom. The first-order valence-electron chi connectivity index (χ1n) is 6.45. The van der Waals surface area contributed by atoms with Crippen LogP contribution in [0.5, 0.6) is 5.75 Å². The van der Waals surface area contributed by atoms with Crippen molar-refractivity contribution in [2.75, 3.05) is 11.8 Å². The number of ether oxygens (including phenoxy) is 1. The Bertz CT molecular complexity index is 847. The molecule has 0 aliphatic heterocycles. The molecule has 2 rings (SSSR count). The van der Waals surface area contributed by atoms with Gasteiger partial charge in [-0.15, -0.1) is 0 Å². The summed E-state index contributed by atoms with van der Waals surface area (Å²) < 4.78 is 44.7. The zero-order chi connectivity index (χ0) is 17.2. The van der Waals surface area contributed by atoms with Gasteiger partial charge in [0.1, 0.15) is 0 Å². The number of hydrogen-bond donors (Lipinski definition) is 2. The second-order valence-electron chi connectivity index (χ2n) is 4.76. The van der Waals surface area contributed by atoms with Crippen molar-refractivity contribution in [3.63, 3.8) is 0 Å². The lowest BCUT2D eigenvalue weighted by Gasteiger charge is -2.11. The minimum atomic E-state index is -4.05. The number of rotatable bonds is 4. The SMILES string of the molecule is COC(=O)c1cc(F)c(O)c(NS(=O)(=O)c2ccc(C)cc2)c1. The molecule has 0 saturated carbocycles. The third kappa shape index (κ3) is 3.59. The number of aromatic hydroxyl groups is 1. The first-order chi connectivity index (χ1) is 10.7. The molecule has 0 atom stereocenters. The number of esters is 1. The summed E-state index contributed by atoms with van der Waals surface area (Å²) in [4.78, 5) is 11.4. The Morgan fingerprint density at radius 3 is 2.39 bits per heavy atom. The Hall–Kier alpha value is -2.61. The molecule has 0 amide bonds. The number of nitrogens with one attached hydrogen (secondary N) is 1. The van der Waals surface area contributed by atoms with E-state index < -0.39 is 33.2 Å². The Morgan fingerprint density at radius 2 is 1.83 bits per heavy atom. The molecular formula is C15H14FNO5S. The van der Waals surface area contributed by atoms with Crippen LogP contribution in [-0.4, -0.2) is 26.6 Å². The summed E-state index contributed by atoms with van der Waals surface area (Å²) in [6.45, 7) is 1.80. The Kier molecular flexibility index (Phi) is 4.55. The molecule has 8 heteroatoms. The lowest BCUT2D eigenvalue weighted by Crippen LogP contribution is -2.14. The minimum Gasteiger partial charge on any atom is -0.503 e. The lowest BCUT2D eigenvalue weighted by atomic mass is 10.2. The van der Waals surface area contributed by atoms with Crippen LogP contribution in [0.2, 0.25) is 0 Å². The summed E-state index contributed by atoms with van der Waals surface area (Å²) in [6.07, 6.45) is 0. The van der Waals surface area contributed by atoms with E-state index in [2.05, 4.69) is 9.46 Å². The maximum atomic E-state index is 13.7. The number of phenols is 1. The van der Waals surface area contributed by atoms with Crippen LogP contribution < -0.4 is 4.72 Å². The third-order valence-electron chi connectivity index (χ3n) is 3.06. The number of methoxy groups -OCH3 is 1. The molecular weight excluding hydrogens is 325 g/mol. The number of halogens is 1. The molecule has 122 valence electrons. The van der Waals surface area contributed by atoms with Gasteiger partial charge in [0.05, 0.1) is 23.3 Å². The quantitative estimate of drug-likeness (QED) is 0.659. The van der Waals surface area contributed by atoms with E-state index in [-0.39, 0.29) is 10.5 Å². The van der Waals surface area contributed by atoms with Gasteiger partial charge in [-0.3, -0.25) is 4.72 Å². The van der Waals surface area contributed by atoms with Gasteiger partial charge in [-0.2, -0.15) is 0 Å². The number of carbonyl (C=O) groups excluding carboxylic acids is 1. The van der Waals surface area contributed by atoms with Crippen LogP contribution in [0, 0.1) is 12.7 Å².